The van der Waals surface area contributed by atoms with Crippen molar-refractivity contribution in [2.24, 2.45) is 28.3 Å². The van der Waals surface area contributed by atoms with Crippen molar-refractivity contribution in [1.82, 2.24) is 16.0 Å². The van der Waals surface area contributed by atoms with Gasteiger partial charge in [0, 0.05) is 13.5 Å². The first kappa shape index (κ1) is 35.8. The van der Waals surface area contributed by atoms with E-state index in [0.29, 0.717) is 38.5 Å². The topological polar surface area (TPSA) is 206 Å². The zero-order valence-corrected chi connectivity index (χ0v) is 21.7. The van der Waals surface area contributed by atoms with Gasteiger partial charge in [-0.05, 0) is 37.5 Å². The number of carboxylic acids is 1. The second kappa shape index (κ2) is 17.9. The van der Waals surface area contributed by atoms with Crippen LogP contribution in [0.1, 0.15) is 60.3 Å². The monoisotopic (exact) mass is 540 g/mol. The number of aliphatic carboxylic acids is 1. The van der Waals surface area contributed by atoms with E-state index in [4.69, 9.17) is 21.4 Å². The summed E-state index contributed by atoms with van der Waals surface area (Å²) in [6.45, 7) is 9.43. The number of aldehydes is 1. The lowest BCUT2D eigenvalue weighted by molar-refractivity contribution is -0.192. The van der Waals surface area contributed by atoms with Crippen molar-refractivity contribution in [3.8, 4) is 0 Å². The average molecular weight is 541 g/mol. The van der Waals surface area contributed by atoms with Gasteiger partial charge < -0.3 is 37.3 Å². The summed E-state index contributed by atoms with van der Waals surface area (Å²) in [6, 6.07) is -2.26. The van der Waals surface area contributed by atoms with Crippen LogP contribution >= 0.6 is 0 Å². The Balaban J connectivity index is 0. The van der Waals surface area contributed by atoms with Crippen LogP contribution in [0.3, 0.4) is 0 Å². The number of carbonyl (C=O) groups is 5. The number of hydrogen-bond acceptors (Lipinski definition) is 6. The van der Waals surface area contributed by atoms with Gasteiger partial charge in [-0.25, -0.2) is 4.79 Å². The summed E-state index contributed by atoms with van der Waals surface area (Å²) in [6.07, 6.45) is -2.70. The Morgan fingerprint density at radius 3 is 1.70 bits per heavy atom. The quantitative estimate of drug-likeness (QED) is 0.0787. The van der Waals surface area contributed by atoms with Crippen molar-refractivity contribution < 1.29 is 42.3 Å². The molecule has 0 heterocycles. The zero-order chi connectivity index (χ0) is 29.3. The van der Waals surface area contributed by atoms with E-state index in [1.807, 2.05) is 27.7 Å². The van der Waals surface area contributed by atoms with Crippen LogP contribution in [0.4, 0.5) is 13.2 Å². The van der Waals surface area contributed by atoms with E-state index in [9.17, 15) is 32.3 Å². The number of hydrogen-bond donors (Lipinski definition) is 6. The first-order valence-corrected chi connectivity index (χ1v) is 11.6. The maximum absolute atomic E-state index is 12.8. The number of halogens is 3. The van der Waals surface area contributed by atoms with Gasteiger partial charge in [-0.3, -0.25) is 19.4 Å². The lowest BCUT2D eigenvalue weighted by Gasteiger charge is -2.25. The fourth-order valence-corrected chi connectivity index (χ4v) is 2.90. The minimum absolute atomic E-state index is 0.0310. The third-order valence-electron chi connectivity index (χ3n) is 4.44. The predicted octanol–water partition coefficient (Wildman–Crippen LogP) is 0.439. The molecule has 0 radical (unpaired) electrons. The molecule has 0 rings (SSSR count). The molecule has 0 aliphatic rings. The van der Waals surface area contributed by atoms with E-state index in [2.05, 4.69) is 20.9 Å². The molecule has 214 valence electrons. The summed E-state index contributed by atoms with van der Waals surface area (Å²) in [7, 11) is 0. The van der Waals surface area contributed by atoms with Gasteiger partial charge in [0.1, 0.15) is 18.4 Å². The van der Waals surface area contributed by atoms with Crippen LogP contribution in [0.15, 0.2) is 4.99 Å². The van der Waals surface area contributed by atoms with Crippen LogP contribution in [-0.2, 0) is 24.0 Å². The van der Waals surface area contributed by atoms with E-state index in [-0.39, 0.29) is 23.7 Å². The molecule has 0 aromatic rings. The number of carbonyl (C=O) groups excluding carboxylic acids is 4. The predicted molar refractivity (Wildman–Crippen MR) is 130 cm³/mol. The largest absolute Gasteiger partial charge is 0.490 e. The highest BCUT2D eigenvalue weighted by molar-refractivity contribution is 5.92. The molecule has 0 saturated heterocycles. The summed E-state index contributed by atoms with van der Waals surface area (Å²) < 4.78 is 31.7. The number of nitrogens with two attached hydrogens (primary N) is 2. The van der Waals surface area contributed by atoms with Crippen molar-refractivity contribution >= 4 is 35.9 Å². The van der Waals surface area contributed by atoms with Gasteiger partial charge in [0.2, 0.25) is 17.7 Å². The molecule has 3 atom stereocenters. The second-order valence-corrected chi connectivity index (χ2v) is 9.08. The number of rotatable bonds is 14. The fourth-order valence-electron chi connectivity index (χ4n) is 2.90. The van der Waals surface area contributed by atoms with Gasteiger partial charge in [0.15, 0.2) is 5.96 Å². The number of nitrogens with one attached hydrogen (secondary N) is 3. The Kier molecular flexibility index (Phi) is 17.3. The average Bonchev–Trinajstić information content (AvgIpc) is 2.73. The first-order chi connectivity index (χ1) is 16.9. The molecular formula is C22H39F3N6O6. The number of nitrogens with zero attached hydrogens (tertiary/aromatic N) is 1. The van der Waals surface area contributed by atoms with E-state index < -0.39 is 42.1 Å². The van der Waals surface area contributed by atoms with Gasteiger partial charge in [-0.2, -0.15) is 13.2 Å². The highest BCUT2D eigenvalue weighted by atomic mass is 19.4. The lowest BCUT2D eigenvalue weighted by atomic mass is 9.99. The molecule has 0 bridgehead atoms. The molecule has 0 aliphatic heterocycles. The Bertz CT molecular complexity index is 785. The second-order valence-electron chi connectivity index (χ2n) is 9.08. The minimum atomic E-state index is -5.08. The van der Waals surface area contributed by atoms with Crippen LogP contribution < -0.4 is 27.4 Å². The Hall–Kier alpha value is -3.39. The van der Waals surface area contributed by atoms with E-state index in [1.165, 1.54) is 6.92 Å². The Morgan fingerprint density at radius 2 is 1.35 bits per heavy atom. The smallest absolute Gasteiger partial charge is 0.475 e. The zero-order valence-electron chi connectivity index (χ0n) is 21.7. The molecule has 12 nitrogen and oxygen atoms in total. The highest BCUT2D eigenvalue weighted by Crippen LogP contribution is 2.13. The summed E-state index contributed by atoms with van der Waals surface area (Å²) in [5.41, 5.74) is 10.5. The molecule has 0 saturated carbocycles. The molecule has 0 unspecified atom stereocenters. The molecule has 0 aromatic carbocycles. The highest BCUT2D eigenvalue weighted by Gasteiger charge is 2.38. The number of alkyl halides is 3. The van der Waals surface area contributed by atoms with E-state index in [1.54, 1.807) is 0 Å². The fraction of sp³-hybridized carbons (Fsp3) is 0.727. The summed E-state index contributed by atoms with van der Waals surface area (Å²) in [5.74, 6) is -3.67. The van der Waals surface area contributed by atoms with E-state index >= 15 is 0 Å². The Labute approximate surface area is 214 Å². The van der Waals surface area contributed by atoms with Gasteiger partial charge in [0.05, 0.1) is 6.04 Å². The molecule has 0 spiro atoms. The molecule has 37 heavy (non-hydrogen) atoms. The van der Waals surface area contributed by atoms with Crippen molar-refractivity contribution in [2.45, 2.75) is 84.6 Å². The van der Waals surface area contributed by atoms with E-state index in [0.717, 1.165) is 0 Å². The Morgan fingerprint density at radius 1 is 0.919 bits per heavy atom. The molecule has 3 amide bonds. The van der Waals surface area contributed by atoms with Crippen LogP contribution in [0.5, 0.6) is 0 Å². The molecule has 15 heteroatoms. The normalized spacial score (nSPS) is 13.4. The minimum Gasteiger partial charge on any atom is -0.475 e. The summed E-state index contributed by atoms with van der Waals surface area (Å²) in [5, 5.41) is 15.2. The molecule has 8 N–H and O–H groups in total. The standard InChI is InChI=1S/C20H38N6O4.C2HF3O2/c1-12(2)9-16(24-14(5)28)19(30)26-17(10-13(3)4)18(29)25-15(11-27)7-6-8-23-20(21)22;3-2(4,5)1(6)7/h11-13,15-17H,6-10H2,1-5H3,(H,24,28)(H,25,29)(H,26,30)(H4,21,22,23);(H,6,7)/t15-,16+,17+;/m0./s1. The van der Waals surface area contributed by atoms with Crippen LogP contribution in [0.2, 0.25) is 0 Å². The SMILES string of the molecule is CC(=O)N[C@H](CC(C)C)C(=O)N[C@H](CC(C)C)C(=O)N[C@H](C=O)CCCN=C(N)N.O=C(O)C(F)(F)F. The van der Waals surface area contributed by atoms with Crippen LogP contribution in [0.25, 0.3) is 0 Å². The van der Waals surface area contributed by atoms with Crippen molar-refractivity contribution in [1.29, 1.82) is 0 Å². The molecule has 0 fully saturated rings. The lowest BCUT2D eigenvalue weighted by Crippen LogP contribution is -2.55. The number of guanidine groups is 1. The third kappa shape index (κ3) is 19.5. The molecule has 0 aromatic heterocycles. The molecular weight excluding hydrogens is 501 g/mol. The summed E-state index contributed by atoms with van der Waals surface area (Å²) in [4.78, 5) is 61.0. The maximum Gasteiger partial charge on any atom is 0.490 e. The number of aliphatic imine (C=N–C) groups is 1. The van der Waals surface area contributed by atoms with Crippen molar-refractivity contribution in [3.63, 3.8) is 0 Å². The van der Waals surface area contributed by atoms with Gasteiger partial charge in [-0.15, -0.1) is 0 Å². The number of amides is 3. The van der Waals surface area contributed by atoms with Gasteiger partial charge >= 0.3 is 12.1 Å². The first-order valence-electron chi connectivity index (χ1n) is 11.6. The third-order valence-corrected chi connectivity index (χ3v) is 4.44. The van der Waals surface area contributed by atoms with Crippen molar-refractivity contribution in [3.05, 3.63) is 0 Å². The van der Waals surface area contributed by atoms with Crippen LogP contribution in [0, 0.1) is 11.8 Å². The number of carboxylic acid groups (broad SMARTS) is 1. The maximum atomic E-state index is 12.8. The van der Waals surface area contributed by atoms with Gasteiger partial charge in [-0.1, -0.05) is 27.7 Å². The molecule has 0 aliphatic carbocycles. The van der Waals surface area contributed by atoms with Gasteiger partial charge in [0.25, 0.3) is 0 Å². The van der Waals surface area contributed by atoms with Crippen molar-refractivity contribution in [2.75, 3.05) is 6.54 Å². The van der Waals surface area contributed by atoms with Crippen LogP contribution in [-0.4, -0.2) is 71.9 Å². The summed E-state index contributed by atoms with van der Waals surface area (Å²) >= 11 is 0.